The van der Waals surface area contributed by atoms with Crippen molar-refractivity contribution >= 4 is 31.4 Å². The predicted molar refractivity (Wildman–Crippen MR) is 133 cm³/mol. The van der Waals surface area contributed by atoms with Gasteiger partial charge in [-0.05, 0) is 68.3 Å². The van der Waals surface area contributed by atoms with Crippen molar-refractivity contribution in [1.82, 2.24) is 0 Å². The Morgan fingerprint density at radius 3 is 2.39 bits per heavy atom. The second-order valence-electron chi connectivity index (χ2n) is 8.56. The van der Waals surface area contributed by atoms with Crippen molar-refractivity contribution in [1.29, 1.82) is 0 Å². The summed E-state index contributed by atoms with van der Waals surface area (Å²) >= 11 is 0. The van der Waals surface area contributed by atoms with Crippen LogP contribution in [0, 0.1) is 11.6 Å². The number of halogens is 2. The first-order chi connectivity index (χ1) is 16.9. The van der Waals surface area contributed by atoms with Gasteiger partial charge in [0, 0.05) is 35.0 Å². The van der Waals surface area contributed by atoms with Crippen LogP contribution in [-0.2, 0) is 20.0 Å². The molecule has 192 valence electrons. The van der Waals surface area contributed by atoms with Gasteiger partial charge in [0.15, 0.2) is 11.6 Å². The van der Waals surface area contributed by atoms with Crippen molar-refractivity contribution in [2.45, 2.75) is 37.1 Å². The lowest BCUT2D eigenvalue weighted by Gasteiger charge is -2.33. The lowest BCUT2D eigenvalue weighted by Crippen LogP contribution is -2.27. The van der Waals surface area contributed by atoms with Crippen LogP contribution >= 0.6 is 0 Å². The first kappa shape index (κ1) is 25.9. The molecule has 1 aliphatic rings. The molecule has 0 amide bonds. The zero-order valence-corrected chi connectivity index (χ0v) is 21.1. The van der Waals surface area contributed by atoms with Crippen molar-refractivity contribution in [3.8, 4) is 11.5 Å². The normalized spacial score (nSPS) is 17.7. The highest BCUT2D eigenvalue weighted by atomic mass is 32.2. The monoisotopic (exact) mass is 537 g/mol. The van der Waals surface area contributed by atoms with Crippen LogP contribution < -0.4 is 19.9 Å². The topological polar surface area (TPSA) is 128 Å². The van der Waals surface area contributed by atoms with Gasteiger partial charge in [-0.1, -0.05) is 6.07 Å². The number of benzene rings is 3. The number of nitrogens with two attached hydrogens (primary N) is 1. The highest BCUT2D eigenvalue weighted by molar-refractivity contribution is 7.92. The van der Waals surface area contributed by atoms with E-state index in [-0.39, 0.29) is 39.8 Å². The Labute approximate surface area is 208 Å². The minimum absolute atomic E-state index is 0.0593. The maximum absolute atomic E-state index is 14.4. The molecule has 2 atom stereocenters. The van der Waals surface area contributed by atoms with Crippen LogP contribution in [-0.4, -0.2) is 28.6 Å². The van der Waals surface area contributed by atoms with E-state index in [2.05, 4.69) is 10.0 Å². The molecule has 3 aromatic carbocycles. The zero-order valence-electron chi connectivity index (χ0n) is 19.5. The second kappa shape index (κ2) is 9.68. The van der Waals surface area contributed by atoms with Crippen molar-refractivity contribution in [2.75, 3.05) is 15.8 Å². The number of primary sulfonamides is 1. The average molecular weight is 538 g/mol. The Morgan fingerprint density at radius 1 is 1.00 bits per heavy atom. The molecule has 36 heavy (non-hydrogen) atoms. The number of ether oxygens (including phenoxy) is 1. The molecule has 2 unspecified atom stereocenters. The minimum Gasteiger partial charge on any atom is -0.454 e. The van der Waals surface area contributed by atoms with Crippen LogP contribution in [0.15, 0.2) is 59.5 Å². The minimum atomic E-state index is -3.94. The molecule has 3 aromatic rings. The summed E-state index contributed by atoms with van der Waals surface area (Å²) in [5.74, 6) is -2.13. The third kappa shape index (κ3) is 5.61. The maximum Gasteiger partial charge on any atom is 0.238 e. The highest BCUT2D eigenvalue weighted by Crippen LogP contribution is 2.44. The summed E-state index contributed by atoms with van der Waals surface area (Å²) < 4.78 is 84.2. The number of nitrogens with one attached hydrogen (secondary N) is 2. The third-order valence-electron chi connectivity index (χ3n) is 5.87. The molecule has 0 aliphatic carbocycles. The average Bonchev–Trinajstić information content (AvgIpc) is 2.80. The van der Waals surface area contributed by atoms with Gasteiger partial charge in [0.1, 0.15) is 11.6 Å². The van der Waals surface area contributed by atoms with Crippen LogP contribution in [0.1, 0.15) is 37.3 Å². The first-order valence-corrected chi connectivity index (χ1v) is 14.3. The van der Waals surface area contributed by atoms with E-state index in [4.69, 9.17) is 9.88 Å². The van der Waals surface area contributed by atoms with Gasteiger partial charge < -0.3 is 10.1 Å². The number of anilines is 2. The van der Waals surface area contributed by atoms with Crippen molar-refractivity contribution in [3.05, 3.63) is 77.4 Å². The Balaban J connectivity index is 1.85. The lowest BCUT2D eigenvalue weighted by atomic mass is 9.82. The molecule has 0 saturated carbocycles. The maximum atomic E-state index is 14.4. The van der Waals surface area contributed by atoms with Crippen molar-refractivity contribution in [2.24, 2.45) is 5.14 Å². The van der Waals surface area contributed by atoms with Gasteiger partial charge in [0.25, 0.3) is 0 Å². The van der Waals surface area contributed by atoms with Gasteiger partial charge in [-0.25, -0.2) is 30.8 Å². The summed E-state index contributed by atoms with van der Waals surface area (Å²) in [4.78, 5) is -0.0593. The van der Waals surface area contributed by atoms with E-state index >= 15 is 0 Å². The number of fused-ring (bicyclic) bond motifs is 1. The van der Waals surface area contributed by atoms with Crippen molar-refractivity contribution in [3.63, 3.8) is 0 Å². The largest absolute Gasteiger partial charge is 0.454 e. The SMILES string of the molecule is CCS(=O)(=O)Nc1ccc(Oc2ccc(F)cc2F)c(C2CC(C)Nc3cc(S(N)(=O)=O)ccc32)c1. The zero-order chi connectivity index (χ0) is 26.3. The van der Waals surface area contributed by atoms with E-state index in [0.717, 1.165) is 11.6 Å². The fourth-order valence-electron chi connectivity index (χ4n) is 4.15. The van der Waals surface area contributed by atoms with Crippen LogP contribution in [0.3, 0.4) is 0 Å². The Morgan fingerprint density at radius 2 is 1.72 bits per heavy atom. The standard InChI is InChI=1S/C24H25F2N3O5S2/c1-3-35(30,31)29-16-5-9-23(34-24-8-4-15(25)11-21(24)26)20(12-16)19-10-14(2)28-22-13-17(36(27,32)33)6-7-18(19)22/h4-9,11-14,19,28-29H,3,10H2,1-2H3,(H2,27,32,33). The van der Waals surface area contributed by atoms with Gasteiger partial charge >= 0.3 is 0 Å². The molecule has 0 spiro atoms. The summed E-state index contributed by atoms with van der Waals surface area (Å²) in [5.41, 5.74) is 2.09. The smallest absolute Gasteiger partial charge is 0.238 e. The van der Waals surface area contributed by atoms with Crippen LogP contribution in [0.5, 0.6) is 11.5 Å². The van der Waals surface area contributed by atoms with E-state index in [1.165, 1.54) is 37.3 Å². The fraction of sp³-hybridized carbons (Fsp3) is 0.250. The molecule has 0 radical (unpaired) electrons. The summed E-state index contributed by atoms with van der Waals surface area (Å²) in [5, 5.41) is 8.54. The molecule has 0 bridgehead atoms. The molecular formula is C24H25F2N3O5S2. The van der Waals surface area contributed by atoms with Gasteiger partial charge in [0.05, 0.1) is 10.6 Å². The van der Waals surface area contributed by atoms with Crippen molar-refractivity contribution < 1.29 is 30.4 Å². The molecule has 4 N–H and O–H groups in total. The Bertz CT molecular complexity index is 1530. The molecule has 0 aromatic heterocycles. The summed E-state index contributed by atoms with van der Waals surface area (Å²) in [6, 6.07) is 11.9. The summed E-state index contributed by atoms with van der Waals surface area (Å²) in [6.07, 6.45) is 0.536. The molecular weight excluding hydrogens is 512 g/mol. The number of sulfonamides is 2. The fourth-order valence-corrected chi connectivity index (χ4v) is 5.32. The third-order valence-corrected chi connectivity index (χ3v) is 8.09. The van der Waals surface area contributed by atoms with E-state index in [9.17, 15) is 25.6 Å². The lowest BCUT2D eigenvalue weighted by molar-refractivity contribution is 0.429. The van der Waals surface area contributed by atoms with Gasteiger partial charge in [0.2, 0.25) is 20.0 Å². The van der Waals surface area contributed by atoms with Gasteiger partial charge in [-0.3, -0.25) is 4.72 Å². The van der Waals surface area contributed by atoms with E-state index < -0.39 is 31.7 Å². The number of rotatable bonds is 7. The van der Waals surface area contributed by atoms with Crippen LogP contribution in [0.2, 0.25) is 0 Å². The van der Waals surface area contributed by atoms with Crippen LogP contribution in [0.4, 0.5) is 20.2 Å². The number of hydrogen-bond acceptors (Lipinski definition) is 6. The molecule has 8 nitrogen and oxygen atoms in total. The Hall–Kier alpha value is -3.22. The molecule has 12 heteroatoms. The molecule has 0 fully saturated rings. The van der Waals surface area contributed by atoms with Crippen LogP contribution in [0.25, 0.3) is 0 Å². The molecule has 0 saturated heterocycles. The summed E-state index contributed by atoms with van der Waals surface area (Å²) in [6.45, 7) is 3.41. The van der Waals surface area contributed by atoms with Gasteiger partial charge in [-0.2, -0.15) is 0 Å². The molecule has 1 aliphatic heterocycles. The summed E-state index contributed by atoms with van der Waals surface area (Å²) in [7, 11) is -7.52. The van der Waals surface area contributed by atoms with E-state index in [1.807, 2.05) is 6.92 Å². The first-order valence-electron chi connectivity index (χ1n) is 11.1. The predicted octanol–water partition coefficient (Wildman–Crippen LogP) is 4.50. The van der Waals surface area contributed by atoms with E-state index in [0.29, 0.717) is 23.7 Å². The second-order valence-corrected chi connectivity index (χ2v) is 12.1. The number of hydrogen-bond donors (Lipinski definition) is 3. The quantitative estimate of drug-likeness (QED) is 0.407. The Kier molecular flexibility index (Phi) is 6.95. The molecule has 1 heterocycles. The molecule has 4 rings (SSSR count). The van der Waals surface area contributed by atoms with Gasteiger partial charge in [-0.15, -0.1) is 0 Å². The highest BCUT2D eigenvalue weighted by Gasteiger charge is 2.30. The van der Waals surface area contributed by atoms with E-state index in [1.54, 1.807) is 12.1 Å².